The van der Waals surface area contributed by atoms with Gasteiger partial charge in [-0.25, -0.2) is 14.6 Å². The van der Waals surface area contributed by atoms with Crippen molar-refractivity contribution < 1.29 is 28.5 Å². The van der Waals surface area contributed by atoms with Crippen LogP contribution in [0.3, 0.4) is 0 Å². The van der Waals surface area contributed by atoms with Crippen molar-refractivity contribution in [1.29, 1.82) is 0 Å². The first-order valence-corrected chi connectivity index (χ1v) is 12.4. The first-order chi connectivity index (χ1) is 17.7. The summed E-state index contributed by atoms with van der Waals surface area (Å²) in [5.41, 5.74) is 4.39. The smallest absolute Gasteiger partial charge is 0.438 e. The summed E-state index contributed by atoms with van der Waals surface area (Å²) in [4.78, 5) is 37.8. The Bertz CT molecular complexity index is 1320. The van der Waals surface area contributed by atoms with Crippen molar-refractivity contribution in [3.05, 3.63) is 76.0 Å². The Morgan fingerprint density at radius 1 is 1.11 bits per heavy atom. The van der Waals surface area contributed by atoms with E-state index in [4.69, 9.17) is 19.2 Å². The van der Waals surface area contributed by atoms with Crippen LogP contribution >= 0.6 is 15.9 Å². The molecule has 4 rings (SSSR count). The molecule has 3 aromatic rings. The number of pyridine rings is 1. The van der Waals surface area contributed by atoms with Crippen LogP contribution in [0.25, 0.3) is 5.69 Å². The number of hydrogen-bond acceptors (Lipinski definition) is 9. The summed E-state index contributed by atoms with van der Waals surface area (Å²) in [7, 11) is 1.16. The Kier molecular flexibility index (Phi) is 7.91. The highest BCUT2D eigenvalue weighted by Crippen LogP contribution is 2.34. The molecule has 3 heterocycles. The van der Waals surface area contributed by atoms with Gasteiger partial charge in [-0.3, -0.25) is 14.5 Å². The van der Waals surface area contributed by atoms with E-state index in [1.807, 2.05) is 49.5 Å². The first-order valence-electron chi connectivity index (χ1n) is 11.6. The van der Waals surface area contributed by atoms with Gasteiger partial charge in [0.2, 0.25) is 0 Å². The number of carbonyl (C=O) groups is 2. The lowest BCUT2D eigenvalue weighted by Gasteiger charge is -2.23. The molecule has 194 valence electrons. The zero-order valence-corrected chi connectivity index (χ0v) is 22.5. The summed E-state index contributed by atoms with van der Waals surface area (Å²) in [6, 6.07) is 11.5. The Hall–Kier alpha value is -3.73. The van der Waals surface area contributed by atoms with Gasteiger partial charge in [-0.1, -0.05) is 22.0 Å². The van der Waals surface area contributed by atoms with E-state index in [1.54, 1.807) is 6.20 Å². The highest BCUT2D eigenvalue weighted by atomic mass is 79.9. The predicted molar refractivity (Wildman–Crippen MR) is 138 cm³/mol. The SMILES string of the molecule is COC(=O)OC(C)(C)OC(=O)OCCC[C@@H]1N=C(c2ccccn2)c2cc(Br)ccc2-n2c(C)cnc21. The molecule has 0 bridgehead atoms. The number of aryl methyl sites for hydroxylation is 1. The maximum Gasteiger partial charge on any atom is 0.511 e. The third-order valence-electron chi connectivity index (χ3n) is 5.58. The molecule has 0 radical (unpaired) electrons. The van der Waals surface area contributed by atoms with Gasteiger partial charge in [0.05, 0.1) is 30.8 Å². The Balaban J connectivity index is 1.53. The Morgan fingerprint density at radius 2 is 1.89 bits per heavy atom. The number of benzene rings is 1. The molecule has 2 aromatic heterocycles. The summed E-state index contributed by atoms with van der Waals surface area (Å²) in [5.74, 6) is -0.738. The molecule has 0 saturated heterocycles. The maximum atomic E-state index is 12.1. The molecule has 37 heavy (non-hydrogen) atoms. The van der Waals surface area contributed by atoms with Crippen LogP contribution in [0.2, 0.25) is 0 Å². The average Bonchev–Trinajstić information content (AvgIpc) is 3.17. The topological polar surface area (TPSA) is 114 Å². The van der Waals surface area contributed by atoms with Gasteiger partial charge in [0.15, 0.2) is 0 Å². The maximum absolute atomic E-state index is 12.1. The van der Waals surface area contributed by atoms with E-state index in [0.29, 0.717) is 12.8 Å². The lowest BCUT2D eigenvalue weighted by molar-refractivity contribution is -0.163. The number of methoxy groups -OCH3 is 1. The van der Waals surface area contributed by atoms with Gasteiger partial charge < -0.3 is 18.9 Å². The number of carbonyl (C=O) groups excluding carboxylic acids is 2. The van der Waals surface area contributed by atoms with Gasteiger partial charge in [0.25, 0.3) is 5.79 Å². The molecule has 0 spiro atoms. The Labute approximate surface area is 222 Å². The number of nitrogens with zero attached hydrogens (tertiary/aromatic N) is 4. The van der Waals surface area contributed by atoms with E-state index in [1.165, 1.54) is 13.8 Å². The summed E-state index contributed by atoms with van der Waals surface area (Å²) >= 11 is 3.59. The van der Waals surface area contributed by atoms with Crippen molar-refractivity contribution in [3.63, 3.8) is 0 Å². The summed E-state index contributed by atoms with van der Waals surface area (Å²) in [5, 5.41) is 0. The summed E-state index contributed by atoms with van der Waals surface area (Å²) < 4.78 is 22.6. The molecular formula is C26H27BrN4O6. The normalized spacial score (nSPS) is 14.5. The van der Waals surface area contributed by atoms with Crippen LogP contribution in [-0.2, 0) is 18.9 Å². The molecular weight excluding hydrogens is 544 g/mol. The van der Waals surface area contributed by atoms with Crippen molar-refractivity contribution in [3.8, 4) is 5.69 Å². The standard InChI is InChI=1S/C26H27BrN4O6/c1-16-15-29-23-20(9-7-13-35-25(33)37-26(2,3)36-24(32)34-4)30-22(19-8-5-6-12-28-19)18-14-17(27)10-11-21(18)31(16)23/h5-6,8,10-12,14-15,20H,7,9,13H2,1-4H3/t20-/m0/s1. The highest BCUT2D eigenvalue weighted by Gasteiger charge is 2.30. The molecule has 0 unspecified atom stereocenters. The number of rotatable bonds is 7. The fourth-order valence-corrected chi connectivity index (χ4v) is 4.37. The molecule has 0 N–H and O–H groups in total. The summed E-state index contributed by atoms with van der Waals surface area (Å²) in [6.45, 7) is 4.89. The van der Waals surface area contributed by atoms with E-state index >= 15 is 0 Å². The minimum absolute atomic E-state index is 0.0796. The van der Waals surface area contributed by atoms with Gasteiger partial charge in [-0.2, -0.15) is 0 Å². The number of hydrogen-bond donors (Lipinski definition) is 0. The Morgan fingerprint density at radius 3 is 2.62 bits per heavy atom. The number of aromatic nitrogens is 3. The average molecular weight is 571 g/mol. The van der Waals surface area contributed by atoms with Crippen molar-refractivity contribution >= 4 is 34.0 Å². The van der Waals surface area contributed by atoms with Crippen LogP contribution in [0, 0.1) is 6.92 Å². The zero-order chi connectivity index (χ0) is 26.6. The lowest BCUT2D eigenvalue weighted by Crippen LogP contribution is -2.34. The highest BCUT2D eigenvalue weighted by molar-refractivity contribution is 9.10. The predicted octanol–water partition coefficient (Wildman–Crippen LogP) is 5.68. The second kappa shape index (κ2) is 11.1. The molecule has 0 amide bonds. The van der Waals surface area contributed by atoms with Crippen LogP contribution in [0.4, 0.5) is 9.59 Å². The number of fused-ring (bicyclic) bond motifs is 3. The summed E-state index contributed by atoms with van der Waals surface area (Å²) in [6.07, 6.45) is 2.69. The third-order valence-corrected chi connectivity index (χ3v) is 6.07. The fourth-order valence-electron chi connectivity index (χ4n) is 4.01. The van der Waals surface area contributed by atoms with E-state index in [0.717, 1.165) is 45.8 Å². The molecule has 1 aliphatic rings. The molecule has 11 heteroatoms. The van der Waals surface area contributed by atoms with Crippen molar-refractivity contribution in [2.24, 2.45) is 4.99 Å². The monoisotopic (exact) mass is 570 g/mol. The van der Waals surface area contributed by atoms with Gasteiger partial charge in [0, 0.05) is 42.0 Å². The molecule has 1 aromatic carbocycles. The van der Waals surface area contributed by atoms with E-state index < -0.39 is 18.1 Å². The minimum Gasteiger partial charge on any atom is -0.438 e. The van der Waals surface area contributed by atoms with E-state index in [9.17, 15) is 9.59 Å². The lowest BCUT2D eigenvalue weighted by atomic mass is 10.0. The fraction of sp³-hybridized carbons (Fsp3) is 0.346. The van der Waals surface area contributed by atoms with E-state index in [2.05, 4.69) is 35.2 Å². The number of ether oxygens (including phenoxy) is 4. The molecule has 1 atom stereocenters. The third kappa shape index (κ3) is 6.16. The van der Waals surface area contributed by atoms with Crippen LogP contribution < -0.4 is 0 Å². The minimum atomic E-state index is -1.53. The zero-order valence-electron chi connectivity index (χ0n) is 20.9. The largest absolute Gasteiger partial charge is 0.511 e. The first kappa shape index (κ1) is 26.3. The molecule has 0 aliphatic carbocycles. The number of halogens is 1. The molecule has 0 saturated carbocycles. The van der Waals surface area contributed by atoms with Gasteiger partial charge in [0.1, 0.15) is 11.9 Å². The van der Waals surface area contributed by atoms with Gasteiger partial charge >= 0.3 is 12.3 Å². The quantitative estimate of drug-likeness (QED) is 0.202. The molecule has 0 fully saturated rings. The van der Waals surface area contributed by atoms with Crippen LogP contribution in [0.15, 0.2) is 58.3 Å². The van der Waals surface area contributed by atoms with Crippen LogP contribution in [0.1, 0.15) is 55.5 Å². The van der Waals surface area contributed by atoms with Crippen LogP contribution in [-0.4, -0.2) is 52.1 Å². The van der Waals surface area contributed by atoms with Gasteiger partial charge in [-0.05, 0) is 50.1 Å². The van der Waals surface area contributed by atoms with Gasteiger partial charge in [-0.15, -0.1) is 0 Å². The molecule has 1 aliphatic heterocycles. The second-order valence-electron chi connectivity index (χ2n) is 8.76. The second-order valence-corrected chi connectivity index (χ2v) is 9.68. The molecule has 10 nitrogen and oxygen atoms in total. The van der Waals surface area contributed by atoms with E-state index in [-0.39, 0.29) is 12.6 Å². The van der Waals surface area contributed by atoms with Crippen molar-refractivity contribution in [1.82, 2.24) is 14.5 Å². The van der Waals surface area contributed by atoms with Crippen molar-refractivity contribution in [2.45, 2.75) is 45.4 Å². The number of aliphatic imine (C=N–C) groups is 1. The van der Waals surface area contributed by atoms with Crippen LogP contribution in [0.5, 0.6) is 0 Å². The van der Waals surface area contributed by atoms with Crippen molar-refractivity contribution in [2.75, 3.05) is 13.7 Å². The number of imidazole rings is 1.